The number of nitrogens with one attached hydrogen (secondary N) is 2. The normalized spacial score (nSPS) is 27.0. The van der Waals surface area contributed by atoms with Crippen LogP contribution in [0.4, 0.5) is 11.4 Å². The van der Waals surface area contributed by atoms with Crippen molar-refractivity contribution in [1.29, 1.82) is 0 Å². The first-order chi connectivity index (χ1) is 13.5. The van der Waals surface area contributed by atoms with Gasteiger partial charge in [0.05, 0.1) is 22.1 Å². The Hall–Kier alpha value is -2.92. The minimum absolute atomic E-state index is 0.0334. The lowest BCUT2D eigenvalue weighted by Gasteiger charge is -2.43. The number of nitro benzene ring substituents is 2. The van der Waals surface area contributed by atoms with Crippen LogP contribution in [-0.2, 0) is 9.47 Å². The molecule has 4 atom stereocenters. The zero-order valence-electron chi connectivity index (χ0n) is 14.7. The van der Waals surface area contributed by atoms with E-state index >= 15 is 0 Å². The second kappa shape index (κ2) is 7.60. The van der Waals surface area contributed by atoms with E-state index in [-0.39, 0.29) is 36.0 Å². The summed E-state index contributed by atoms with van der Waals surface area (Å²) < 4.78 is 12.1. The van der Waals surface area contributed by atoms with E-state index in [9.17, 15) is 20.2 Å². The number of nitro groups is 2. The van der Waals surface area contributed by atoms with Gasteiger partial charge in [0, 0.05) is 37.4 Å². The van der Waals surface area contributed by atoms with Crippen LogP contribution in [0.25, 0.3) is 0 Å². The van der Waals surface area contributed by atoms with Gasteiger partial charge in [-0.15, -0.1) is 0 Å². The predicted octanol–water partition coefficient (Wildman–Crippen LogP) is 2.18. The lowest BCUT2D eigenvalue weighted by molar-refractivity contribution is -0.385. The Morgan fingerprint density at radius 1 is 0.714 bits per heavy atom. The van der Waals surface area contributed by atoms with Crippen molar-refractivity contribution in [2.45, 2.75) is 24.7 Å². The number of non-ortho nitro benzene ring substituents is 2. The van der Waals surface area contributed by atoms with Gasteiger partial charge in [-0.2, -0.15) is 0 Å². The van der Waals surface area contributed by atoms with Crippen LogP contribution in [0.1, 0.15) is 23.6 Å². The zero-order valence-corrected chi connectivity index (χ0v) is 14.7. The van der Waals surface area contributed by atoms with Gasteiger partial charge < -0.3 is 9.47 Å². The molecule has 2 fully saturated rings. The van der Waals surface area contributed by atoms with E-state index in [2.05, 4.69) is 10.6 Å². The van der Waals surface area contributed by atoms with Crippen molar-refractivity contribution < 1.29 is 19.3 Å². The molecule has 0 aromatic heterocycles. The number of fused-ring (bicyclic) bond motifs is 1. The van der Waals surface area contributed by atoms with Gasteiger partial charge in [-0.25, -0.2) is 0 Å². The third-order valence-corrected chi connectivity index (χ3v) is 4.86. The van der Waals surface area contributed by atoms with Crippen molar-refractivity contribution in [2.75, 3.05) is 13.1 Å². The lowest BCUT2D eigenvalue weighted by Crippen LogP contribution is -2.57. The van der Waals surface area contributed by atoms with Crippen LogP contribution in [0.5, 0.6) is 0 Å². The predicted molar refractivity (Wildman–Crippen MR) is 97.4 cm³/mol. The Morgan fingerprint density at radius 3 is 1.39 bits per heavy atom. The standard InChI is InChI=1S/C18H18N4O6/c23-21(24)13-5-1-11(2-6-13)17-19-9-16-15(27-17)10-20-18(28-16)12-3-7-14(8-4-12)22(25)26/h1-8,15-20H,9-10H2/t15-,16+,17+,18-. The summed E-state index contributed by atoms with van der Waals surface area (Å²) in [5, 5.41) is 28.0. The van der Waals surface area contributed by atoms with E-state index in [4.69, 9.17) is 9.47 Å². The fraction of sp³-hybridized carbons (Fsp3) is 0.333. The van der Waals surface area contributed by atoms with Gasteiger partial charge >= 0.3 is 0 Å². The summed E-state index contributed by atoms with van der Waals surface area (Å²) in [5.74, 6) is 0. The monoisotopic (exact) mass is 386 g/mol. The molecule has 0 saturated carbocycles. The Balaban J connectivity index is 1.39. The van der Waals surface area contributed by atoms with Crippen LogP contribution in [0, 0.1) is 20.2 Å². The molecule has 0 aliphatic carbocycles. The summed E-state index contributed by atoms with van der Waals surface area (Å²) in [6.45, 7) is 1.11. The van der Waals surface area contributed by atoms with Crippen LogP contribution >= 0.6 is 0 Å². The average molecular weight is 386 g/mol. The van der Waals surface area contributed by atoms with Crippen molar-refractivity contribution in [3.63, 3.8) is 0 Å². The maximum atomic E-state index is 10.8. The summed E-state index contributed by atoms with van der Waals surface area (Å²) in [7, 11) is 0. The second-order valence-corrected chi connectivity index (χ2v) is 6.62. The van der Waals surface area contributed by atoms with Gasteiger partial charge in [-0.3, -0.25) is 30.9 Å². The highest BCUT2D eigenvalue weighted by molar-refractivity contribution is 5.35. The zero-order chi connectivity index (χ0) is 19.7. The first-order valence-corrected chi connectivity index (χ1v) is 8.77. The molecule has 2 aliphatic rings. The molecule has 2 heterocycles. The largest absolute Gasteiger partial charge is 0.352 e. The quantitative estimate of drug-likeness (QED) is 0.604. The molecule has 2 aromatic rings. The van der Waals surface area contributed by atoms with Crippen LogP contribution in [0.3, 0.4) is 0 Å². The fourth-order valence-electron chi connectivity index (χ4n) is 3.36. The maximum absolute atomic E-state index is 10.8. The molecule has 10 nitrogen and oxygen atoms in total. The molecule has 146 valence electrons. The SMILES string of the molecule is O=[N+]([O-])c1ccc([C@@H]2NC[C@H]3O[C@@H](c4ccc([N+](=O)[O-])cc4)NC[C@@H]3O2)cc1. The number of hydrogen-bond acceptors (Lipinski definition) is 8. The van der Waals surface area contributed by atoms with Crippen molar-refractivity contribution in [2.24, 2.45) is 0 Å². The molecule has 2 saturated heterocycles. The highest BCUT2D eigenvalue weighted by Gasteiger charge is 2.38. The van der Waals surface area contributed by atoms with Gasteiger partial charge in [0.1, 0.15) is 12.5 Å². The number of benzene rings is 2. The molecular formula is C18H18N4O6. The van der Waals surface area contributed by atoms with Gasteiger partial charge in [-0.1, -0.05) is 0 Å². The molecule has 0 radical (unpaired) electrons. The topological polar surface area (TPSA) is 129 Å². The number of rotatable bonds is 4. The first-order valence-electron chi connectivity index (χ1n) is 8.77. The molecule has 2 N–H and O–H groups in total. The van der Waals surface area contributed by atoms with Crippen LogP contribution in [-0.4, -0.2) is 35.1 Å². The summed E-state index contributed by atoms with van der Waals surface area (Å²) in [6, 6.07) is 12.5. The van der Waals surface area contributed by atoms with E-state index in [1.54, 1.807) is 24.3 Å². The Morgan fingerprint density at radius 2 is 1.07 bits per heavy atom. The molecular weight excluding hydrogens is 368 g/mol. The summed E-state index contributed by atoms with van der Waals surface area (Å²) in [4.78, 5) is 20.7. The van der Waals surface area contributed by atoms with Crippen LogP contribution < -0.4 is 10.6 Å². The molecule has 0 unspecified atom stereocenters. The molecule has 4 rings (SSSR count). The van der Waals surface area contributed by atoms with Gasteiger partial charge in [0.25, 0.3) is 11.4 Å². The van der Waals surface area contributed by atoms with Gasteiger partial charge in [0.2, 0.25) is 0 Å². The van der Waals surface area contributed by atoms with E-state index in [0.29, 0.717) is 13.1 Å². The molecule has 10 heteroatoms. The van der Waals surface area contributed by atoms with Crippen molar-refractivity contribution in [3.05, 3.63) is 79.9 Å². The summed E-state index contributed by atoms with van der Waals surface area (Å²) in [6.07, 6.45) is -1.11. The third kappa shape index (κ3) is 3.71. The molecule has 2 aliphatic heterocycles. The third-order valence-electron chi connectivity index (χ3n) is 4.86. The smallest absolute Gasteiger partial charge is 0.269 e. The van der Waals surface area contributed by atoms with Crippen molar-refractivity contribution in [3.8, 4) is 0 Å². The second-order valence-electron chi connectivity index (χ2n) is 6.62. The van der Waals surface area contributed by atoms with Crippen LogP contribution in [0.15, 0.2) is 48.5 Å². The Bertz CT molecular complexity index is 799. The maximum Gasteiger partial charge on any atom is 0.269 e. The number of ether oxygens (including phenoxy) is 2. The Labute approximate surface area is 159 Å². The van der Waals surface area contributed by atoms with E-state index < -0.39 is 9.85 Å². The van der Waals surface area contributed by atoms with E-state index in [1.165, 1.54) is 24.3 Å². The van der Waals surface area contributed by atoms with E-state index in [0.717, 1.165) is 11.1 Å². The number of nitrogens with zero attached hydrogens (tertiary/aromatic N) is 2. The van der Waals surface area contributed by atoms with Gasteiger partial charge in [0.15, 0.2) is 0 Å². The molecule has 0 spiro atoms. The fourth-order valence-corrected chi connectivity index (χ4v) is 3.36. The van der Waals surface area contributed by atoms with E-state index in [1.807, 2.05) is 0 Å². The molecule has 0 amide bonds. The summed E-state index contributed by atoms with van der Waals surface area (Å²) >= 11 is 0. The summed E-state index contributed by atoms with van der Waals surface area (Å²) in [5.41, 5.74) is 1.68. The molecule has 28 heavy (non-hydrogen) atoms. The van der Waals surface area contributed by atoms with Crippen LogP contribution in [0.2, 0.25) is 0 Å². The minimum atomic E-state index is -0.438. The van der Waals surface area contributed by atoms with Crippen molar-refractivity contribution >= 4 is 11.4 Å². The minimum Gasteiger partial charge on any atom is -0.352 e. The molecule has 2 aromatic carbocycles. The highest BCUT2D eigenvalue weighted by atomic mass is 16.6. The lowest BCUT2D eigenvalue weighted by atomic mass is 10.1. The first kappa shape index (κ1) is 18.4. The Kier molecular flexibility index (Phi) is 5.01. The molecule has 0 bridgehead atoms. The average Bonchev–Trinajstić information content (AvgIpc) is 2.73. The highest BCUT2D eigenvalue weighted by Crippen LogP contribution is 2.30. The van der Waals surface area contributed by atoms with Gasteiger partial charge in [-0.05, 0) is 35.4 Å². The van der Waals surface area contributed by atoms with Crippen molar-refractivity contribution in [1.82, 2.24) is 10.6 Å². The number of hydrogen-bond donors (Lipinski definition) is 2.